The molecule has 0 aliphatic heterocycles. The van der Waals surface area contributed by atoms with Crippen molar-refractivity contribution in [1.29, 1.82) is 5.26 Å². The molecule has 0 spiro atoms. The molecule has 7 nitrogen and oxygen atoms in total. The molecule has 0 saturated heterocycles. The topological polar surface area (TPSA) is 112 Å². The Morgan fingerprint density at radius 1 is 1.46 bits per heavy atom. The van der Waals surface area contributed by atoms with Crippen LogP contribution in [0.15, 0.2) is 23.1 Å². The van der Waals surface area contributed by atoms with E-state index in [1.807, 2.05) is 6.07 Å². The van der Waals surface area contributed by atoms with Crippen LogP contribution in [0.1, 0.15) is 19.4 Å². The molecule has 142 valence electrons. The van der Waals surface area contributed by atoms with Crippen LogP contribution in [-0.2, 0) is 6.18 Å². The molecule has 4 N–H and O–H groups in total. The fourth-order valence-electron chi connectivity index (χ4n) is 1.70. The number of nitriles is 1. The van der Waals surface area contributed by atoms with E-state index in [0.29, 0.717) is 11.9 Å². The van der Waals surface area contributed by atoms with Gasteiger partial charge in [0.1, 0.15) is 23.5 Å². The van der Waals surface area contributed by atoms with E-state index in [1.165, 1.54) is 14.0 Å². The zero-order valence-electron chi connectivity index (χ0n) is 14.4. The molecule has 0 amide bonds. The summed E-state index contributed by atoms with van der Waals surface area (Å²) in [6, 6.07) is 1.83. The molecular weight excluding hydrogens is 354 g/mol. The van der Waals surface area contributed by atoms with Crippen LogP contribution in [0.2, 0.25) is 0 Å². The molecule has 11 heteroatoms. The van der Waals surface area contributed by atoms with Crippen LogP contribution < -0.4 is 16.4 Å². The standard InChI is InChI=1S/C15H19F4N7/c1-9(24-8-14(2,6-16)7-21)11(4-20)25-13-23-5-10(15(17,18)19)12(22-3)26-13/h4-5H,6,8,20H2,1-3H3,(H2,22,23,25,26)/b11-4+,24-9?. The van der Waals surface area contributed by atoms with E-state index in [4.69, 9.17) is 11.0 Å². The summed E-state index contributed by atoms with van der Waals surface area (Å²) in [7, 11) is 1.30. The summed E-state index contributed by atoms with van der Waals surface area (Å²) in [5.41, 5.74) is 3.75. The lowest BCUT2D eigenvalue weighted by molar-refractivity contribution is -0.137. The minimum atomic E-state index is -4.60. The van der Waals surface area contributed by atoms with Crippen molar-refractivity contribution in [2.45, 2.75) is 20.0 Å². The van der Waals surface area contributed by atoms with Gasteiger partial charge in [-0.3, -0.25) is 4.99 Å². The number of alkyl halides is 4. The number of allylic oxidation sites excluding steroid dienone is 1. The Morgan fingerprint density at radius 3 is 2.58 bits per heavy atom. The highest BCUT2D eigenvalue weighted by molar-refractivity contribution is 6.00. The van der Waals surface area contributed by atoms with Gasteiger partial charge >= 0.3 is 6.18 Å². The summed E-state index contributed by atoms with van der Waals surface area (Å²) in [6.07, 6.45) is -2.84. The highest BCUT2D eigenvalue weighted by Gasteiger charge is 2.35. The van der Waals surface area contributed by atoms with E-state index < -0.39 is 29.6 Å². The van der Waals surface area contributed by atoms with E-state index in [1.54, 1.807) is 6.92 Å². The molecular formula is C15H19F4N7. The van der Waals surface area contributed by atoms with Crippen molar-refractivity contribution in [3.05, 3.63) is 23.7 Å². The summed E-state index contributed by atoms with van der Waals surface area (Å²) in [6.45, 7) is 1.98. The molecule has 1 aromatic heterocycles. The Hall–Kier alpha value is -2.90. The summed E-state index contributed by atoms with van der Waals surface area (Å²) in [5, 5.41) is 14.0. The van der Waals surface area contributed by atoms with Crippen molar-refractivity contribution < 1.29 is 17.6 Å². The van der Waals surface area contributed by atoms with E-state index in [2.05, 4.69) is 25.6 Å². The van der Waals surface area contributed by atoms with Crippen LogP contribution in [-0.4, -0.2) is 35.9 Å². The van der Waals surface area contributed by atoms with Crippen LogP contribution in [0, 0.1) is 16.7 Å². The molecule has 1 rings (SSSR count). The zero-order valence-corrected chi connectivity index (χ0v) is 14.4. The Kier molecular flexibility index (Phi) is 6.88. The summed E-state index contributed by atoms with van der Waals surface area (Å²) in [5.74, 6) is -0.544. The minimum absolute atomic E-state index is 0.111. The van der Waals surface area contributed by atoms with Gasteiger partial charge in [0.25, 0.3) is 0 Å². The van der Waals surface area contributed by atoms with E-state index in [0.717, 1.165) is 6.20 Å². The van der Waals surface area contributed by atoms with Crippen molar-refractivity contribution >= 4 is 17.5 Å². The monoisotopic (exact) mass is 373 g/mol. The second-order valence-corrected chi connectivity index (χ2v) is 5.62. The molecule has 0 aliphatic rings. The maximum atomic E-state index is 12.9. The van der Waals surface area contributed by atoms with Gasteiger partial charge in [0.15, 0.2) is 0 Å². The summed E-state index contributed by atoms with van der Waals surface area (Å²) < 4.78 is 51.4. The lowest BCUT2D eigenvalue weighted by Gasteiger charge is -2.16. The molecule has 0 fully saturated rings. The number of aliphatic imine (C=N–C) groups is 1. The fraction of sp³-hybridized carbons (Fsp3) is 0.467. The smallest absolute Gasteiger partial charge is 0.403 e. The first-order valence-corrected chi connectivity index (χ1v) is 7.39. The SMILES string of the molecule is CNc1nc(N/C(=C/N)C(C)=NCC(C)(C#N)CF)ncc1C(F)(F)F. The second-order valence-electron chi connectivity index (χ2n) is 5.62. The van der Waals surface area contributed by atoms with Gasteiger partial charge in [-0.1, -0.05) is 0 Å². The van der Waals surface area contributed by atoms with Crippen molar-refractivity contribution in [2.75, 3.05) is 30.9 Å². The van der Waals surface area contributed by atoms with Crippen LogP contribution in [0.3, 0.4) is 0 Å². The van der Waals surface area contributed by atoms with E-state index >= 15 is 0 Å². The van der Waals surface area contributed by atoms with Gasteiger partial charge in [0.2, 0.25) is 5.95 Å². The van der Waals surface area contributed by atoms with E-state index in [-0.39, 0.29) is 18.2 Å². The van der Waals surface area contributed by atoms with Crippen molar-refractivity contribution in [2.24, 2.45) is 16.1 Å². The Balaban J connectivity index is 3.04. The Morgan fingerprint density at radius 2 is 2.12 bits per heavy atom. The van der Waals surface area contributed by atoms with Gasteiger partial charge in [0.05, 0.1) is 24.0 Å². The first-order valence-electron chi connectivity index (χ1n) is 7.39. The number of anilines is 2. The lowest BCUT2D eigenvalue weighted by Crippen LogP contribution is -2.22. The number of halogens is 4. The third-order valence-corrected chi connectivity index (χ3v) is 3.36. The van der Waals surface area contributed by atoms with Crippen molar-refractivity contribution in [3.8, 4) is 6.07 Å². The fourth-order valence-corrected chi connectivity index (χ4v) is 1.70. The first kappa shape index (κ1) is 21.1. The number of rotatable bonds is 7. The van der Waals surface area contributed by atoms with Gasteiger partial charge in [-0.25, -0.2) is 9.37 Å². The van der Waals surface area contributed by atoms with Crippen LogP contribution >= 0.6 is 0 Å². The average molecular weight is 373 g/mol. The Labute approximate surface area is 148 Å². The zero-order chi connectivity index (χ0) is 20.0. The highest BCUT2D eigenvalue weighted by Crippen LogP contribution is 2.33. The summed E-state index contributed by atoms with van der Waals surface area (Å²) in [4.78, 5) is 11.5. The molecule has 26 heavy (non-hydrogen) atoms. The maximum absolute atomic E-state index is 12.9. The van der Waals surface area contributed by atoms with E-state index in [9.17, 15) is 17.6 Å². The van der Waals surface area contributed by atoms with Crippen LogP contribution in [0.5, 0.6) is 0 Å². The van der Waals surface area contributed by atoms with Gasteiger partial charge in [0, 0.05) is 19.4 Å². The molecule has 0 radical (unpaired) electrons. The molecule has 0 bridgehead atoms. The maximum Gasteiger partial charge on any atom is 0.421 e. The predicted octanol–water partition coefficient (Wildman–Crippen LogP) is 2.71. The van der Waals surface area contributed by atoms with Crippen LogP contribution in [0.4, 0.5) is 29.3 Å². The molecule has 1 unspecified atom stereocenters. The third kappa shape index (κ3) is 5.30. The third-order valence-electron chi connectivity index (χ3n) is 3.36. The number of nitrogens with zero attached hydrogens (tertiary/aromatic N) is 4. The average Bonchev–Trinajstić information content (AvgIpc) is 2.62. The number of hydrogen-bond acceptors (Lipinski definition) is 7. The first-order chi connectivity index (χ1) is 12.1. The van der Waals surface area contributed by atoms with Crippen molar-refractivity contribution in [1.82, 2.24) is 9.97 Å². The van der Waals surface area contributed by atoms with Crippen LogP contribution in [0.25, 0.3) is 0 Å². The lowest BCUT2D eigenvalue weighted by atomic mass is 9.95. The number of hydrogen-bond donors (Lipinski definition) is 3. The number of nitrogens with two attached hydrogens (primary N) is 1. The summed E-state index contributed by atoms with van der Waals surface area (Å²) >= 11 is 0. The second kappa shape index (κ2) is 8.46. The largest absolute Gasteiger partial charge is 0.421 e. The molecule has 0 saturated carbocycles. The van der Waals surface area contributed by atoms with Crippen molar-refractivity contribution in [3.63, 3.8) is 0 Å². The molecule has 1 atom stereocenters. The molecule has 1 aromatic rings. The number of aromatic nitrogens is 2. The molecule has 0 aromatic carbocycles. The normalized spacial score (nSPS) is 15.2. The molecule has 1 heterocycles. The highest BCUT2D eigenvalue weighted by atomic mass is 19.4. The quantitative estimate of drug-likeness (QED) is 0.500. The van der Waals surface area contributed by atoms with Gasteiger partial charge < -0.3 is 16.4 Å². The minimum Gasteiger partial charge on any atom is -0.403 e. The Bertz CT molecular complexity index is 736. The number of nitrogens with one attached hydrogen (secondary N) is 2. The molecule has 0 aliphatic carbocycles. The van der Waals surface area contributed by atoms with Gasteiger partial charge in [-0.2, -0.15) is 23.4 Å². The van der Waals surface area contributed by atoms with Gasteiger partial charge in [-0.05, 0) is 13.8 Å². The predicted molar refractivity (Wildman–Crippen MR) is 90.1 cm³/mol. The van der Waals surface area contributed by atoms with Gasteiger partial charge in [-0.15, -0.1) is 0 Å².